The molecule has 0 atom stereocenters. The maximum absolute atomic E-state index is 9.09. The topological polar surface area (TPSA) is 59.0 Å². The minimum Gasteiger partial charge on any atom is -0.456 e. The van der Waals surface area contributed by atoms with Gasteiger partial charge in [-0.2, -0.15) is 5.26 Å². The van der Waals surface area contributed by atoms with Gasteiger partial charge in [-0.05, 0) is 40.2 Å². The van der Waals surface area contributed by atoms with Crippen LogP contribution in [0.25, 0.3) is 0 Å². The first kappa shape index (κ1) is 12.9. The minimum atomic E-state index is 0.455. The van der Waals surface area contributed by atoms with E-state index in [4.69, 9.17) is 15.7 Å². The van der Waals surface area contributed by atoms with Gasteiger partial charge in [-0.1, -0.05) is 22.0 Å². The highest BCUT2D eigenvalue weighted by Gasteiger charge is 2.08. The average Bonchev–Trinajstić information content (AvgIpc) is 2.27. The molecule has 0 heterocycles. The fourth-order valence-electron chi connectivity index (χ4n) is 1.47. The molecular weight excluding hydrogens is 360 g/mol. The third-order valence-electron chi connectivity index (χ3n) is 2.21. The van der Waals surface area contributed by atoms with Crippen molar-refractivity contribution >= 4 is 37.5 Å². The predicted octanol–water partition coefficient (Wildman–Crippen LogP) is 4.46. The van der Waals surface area contributed by atoms with E-state index in [2.05, 4.69) is 37.9 Å². The Bertz CT molecular complexity index is 615. The zero-order chi connectivity index (χ0) is 13.1. The summed E-state index contributed by atoms with van der Waals surface area (Å²) in [5.41, 5.74) is 6.77. The summed E-state index contributed by atoms with van der Waals surface area (Å²) >= 11 is 6.66. The zero-order valence-corrected chi connectivity index (χ0v) is 12.3. The average molecular weight is 368 g/mol. The fourth-order valence-corrected chi connectivity index (χ4v) is 2.39. The number of halogens is 2. The van der Waals surface area contributed by atoms with Crippen molar-refractivity contribution < 1.29 is 4.74 Å². The highest BCUT2D eigenvalue weighted by atomic mass is 79.9. The van der Waals surface area contributed by atoms with Gasteiger partial charge in [0.1, 0.15) is 23.1 Å². The van der Waals surface area contributed by atoms with Crippen molar-refractivity contribution in [3.8, 4) is 17.6 Å². The Morgan fingerprint density at radius 1 is 1.17 bits per heavy atom. The van der Waals surface area contributed by atoms with Crippen molar-refractivity contribution in [2.45, 2.75) is 0 Å². The summed E-state index contributed by atoms with van der Waals surface area (Å²) in [5.74, 6) is 1.07. The second-order valence-electron chi connectivity index (χ2n) is 3.55. The molecule has 0 unspecified atom stereocenters. The molecule has 3 nitrogen and oxygen atoms in total. The number of nitriles is 1. The Morgan fingerprint density at radius 3 is 2.61 bits per heavy atom. The molecule has 0 radical (unpaired) electrons. The number of benzene rings is 2. The Hall–Kier alpha value is -1.51. The quantitative estimate of drug-likeness (QED) is 0.797. The molecule has 0 aliphatic carbocycles. The van der Waals surface area contributed by atoms with Crippen molar-refractivity contribution in [1.82, 2.24) is 0 Å². The van der Waals surface area contributed by atoms with Crippen molar-refractivity contribution in [3.63, 3.8) is 0 Å². The number of hydrogen-bond donors (Lipinski definition) is 1. The van der Waals surface area contributed by atoms with Gasteiger partial charge in [0.25, 0.3) is 0 Å². The second kappa shape index (κ2) is 5.42. The van der Waals surface area contributed by atoms with E-state index in [0.717, 1.165) is 4.47 Å². The fraction of sp³-hybridized carbons (Fsp3) is 0. The van der Waals surface area contributed by atoms with E-state index in [1.807, 2.05) is 6.07 Å². The van der Waals surface area contributed by atoms with Gasteiger partial charge in [0.15, 0.2) is 0 Å². The van der Waals surface area contributed by atoms with E-state index in [1.54, 1.807) is 30.3 Å². The van der Waals surface area contributed by atoms with Crippen LogP contribution in [0.2, 0.25) is 0 Å². The third-order valence-corrected chi connectivity index (χ3v) is 3.33. The van der Waals surface area contributed by atoms with Gasteiger partial charge < -0.3 is 10.5 Å². The first-order valence-corrected chi connectivity index (χ1v) is 6.61. The number of anilines is 1. The Labute approximate surface area is 121 Å². The van der Waals surface area contributed by atoms with Gasteiger partial charge in [0.05, 0.1) is 0 Å². The molecule has 0 aromatic heterocycles. The number of rotatable bonds is 2. The van der Waals surface area contributed by atoms with Crippen molar-refractivity contribution in [2.24, 2.45) is 0 Å². The molecule has 0 aliphatic rings. The normalized spacial score (nSPS) is 9.83. The van der Waals surface area contributed by atoms with Crippen molar-refractivity contribution in [2.75, 3.05) is 5.73 Å². The molecule has 0 bridgehead atoms. The summed E-state index contributed by atoms with van der Waals surface area (Å²) in [6.45, 7) is 0. The van der Waals surface area contributed by atoms with Crippen LogP contribution in [0, 0.1) is 11.3 Å². The van der Waals surface area contributed by atoms with Crippen LogP contribution < -0.4 is 10.5 Å². The van der Waals surface area contributed by atoms with Gasteiger partial charge in [0, 0.05) is 20.7 Å². The number of ether oxygens (including phenoxy) is 1. The molecule has 18 heavy (non-hydrogen) atoms. The first-order valence-electron chi connectivity index (χ1n) is 5.02. The Morgan fingerprint density at radius 2 is 1.94 bits per heavy atom. The highest BCUT2D eigenvalue weighted by Crippen LogP contribution is 2.32. The van der Waals surface area contributed by atoms with Crippen LogP contribution in [0.15, 0.2) is 45.3 Å². The van der Waals surface area contributed by atoms with E-state index in [9.17, 15) is 0 Å². The Balaban J connectivity index is 2.40. The van der Waals surface area contributed by atoms with Gasteiger partial charge >= 0.3 is 0 Å². The van der Waals surface area contributed by atoms with Crippen LogP contribution in [0.1, 0.15) is 5.56 Å². The van der Waals surface area contributed by atoms with Gasteiger partial charge in [-0.3, -0.25) is 0 Å². The molecule has 2 rings (SSSR count). The monoisotopic (exact) mass is 366 g/mol. The molecule has 0 saturated carbocycles. The zero-order valence-electron chi connectivity index (χ0n) is 9.15. The number of nitrogens with two attached hydrogens (primary N) is 1. The standard InChI is InChI=1S/C13H8Br2N2O/c14-8-4-9(17)6-10(5-8)18-13-3-1-2-12(15)11(13)7-16/h1-6H,17H2. The van der Waals surface area contributed by atoms with Crippen LogP contribution in [0.5, 0.6) is 11.5 Å². The summed E-state index contributed by atoms with van der Waals surface area (Å²) in [6, 6.07) is 12.7. The first-order chi connectivity index (χ1) is 8.60. The molecule has 2 aromatic rings. The van der Waals surface area contributed by atoms with E-state index in [1.165, 1.54) is 0 Å². The largest absolute Gasteiger partial charge is 0.456 e. The summed E-state index contributed by atoms with van der Waals surface area (Å²) in [7, 11) is 0. The van der Waals surface area contributed by atoms with Crippen LogP contribution in [-0.4, -0.2) is 0 Å². The molecule has 2 N–H and O–H groups in total. The number of nitrogen functional groups attached to an aromatic ring is 1. The van der Waals surface area contributed by atoms with E-state index >= 15 is 0 Å². The molecule has 0 aliphatic heterocycles. The molecule has 0 amide bonds. The Kier molecular flexibility index (Phi) is 3.90. The molecular formula is C13H8Br2N2O. The number of nitrogens with zero attached hydrogens (tertiary/aromatic N) is 1. The number of hydrogen-bond acceptors (Lipinski definition) is 3. The van der Waals surface area contributed by atoms with Crippen LogP contribution in [0.3, 0.4) is 0 Å². The maximum atomic E-state index is 9.09. The summed E-state index contributed by atoms with van der Waals surface area (Å²) in [5, 5.41) is 9.09. The molecule has 2 aromatic carbocycles. The van der Waals surface area contributed by atoms with Crippen LogP contribution >= 0.6 is 31.9 Å². The third kappa shape index (κ3) is 2.84. The maximum Gasteiger partial charge on any atom is 0.146 e. The van der Waals surface area contributed by atoms with E-state index < -0.39 is 0 Å². The molecule has 0 spiro atoms. The van der Waals surface area contributed by atoms with Gasteiger partial charge in [0.2, 0.25) is 0 Å². The summed E-state index contributed by atoms with van der Waals surface area (Å²) in [6.07, 6.45) is 0. The van der Waals surface area contributed by atoms with Gasteiger partial charge in [-0.25, -0.2) is 0 Å². The highest BCUT2D eigenvalue weighted by molar-refractivity contribution is 9.10. The molecule has 90 valence electrons. The lowest BCUT2D eigenvalue weighted by Crippen LogP contribution is -1.91. The lowest BCUT2D eigenvalue weighted by atomic mass is 10.2. The summed E-state index contributed by atoms with van der Waals surface area (Å²) in [4.78, 5) is 0. The molecule has 0 saturated heterocycles. The smallest absolute Gasteiger partial charge is 0.146 e. The molecule has 0 fully saturated rings. The lowest BCUT2D eigenvalue weighted by Gasteiger charge is -2.09. The lowest BCUT2D eigenvalue weighted by molar-refractivity contribution is 0.480. The van der Waals surface area contributed by atoms with E-state index in [-0.39, 0.29) is 0 Å². The van der Waals surface area contributed by atoms with Crippen LogP contribution in [0.4, 0.5) is 5.69 Å². The van der Waals surface area contributed by atoms with Crippen LogP contribution in [-0.2, 0) is 0 Å². The predicted molar refractivity (Wildman–Crippen MR) is 77.5 cm³/mol. The SMILES string of the molecule is N#Cc1c(Br)cccc1Oc1cc(N)cc(Br)c1. The summed E-state index contributed by atoms with van der Waals surface area (Å²) < 4.78 is 7.20. The second-order valence-corrected chi connectivity index (χ2v) is 5.32. The minimum absolute atomic E-state index is 0.455. The van der Waals surface area contributed by atoms with Crippen molar-refractivity contribution in [1.29, 1.82) is 5.26 Å². The van der Waals surface area contributed by atoms with Gasteiger partial charge in [-0.15, -0.1) is 0 Å². The van der Waals surface area contributed by atoms with Crippen molar-refractivity contribution in [3.05, 3.63) is 50.9 Å². The van der Waals surface area contributed by atoms with E-state index in [0.29, 0.717) is 27.2 Å². The molecule has 5 heteroatoms.